The average molecular weight is 435 g/mol. The standard InChI is InChI=1S/C24H19ClN2O4/c25-18-10-3-5-12-20(18)31-21-13-6-4-11-19(21)26-22(28)14-7-15-27-23(29)16-8-1-2-9-17(16)24(27)30/h1-6,8-13H,7,14-15H2,(H,26,28). The normalized spacial score (nSPS) is 12.6. The molecular formula is C24H19ClN2O4. The third kappa shape index (κ3) is 4.44. The Kier molecular flexibility index (Phi) is 6.00. The van der Waals surface area contributed by atoms with Gasteiger partial charge in [-0.2, -0.15) is 0 Å². The number of anilines is 1. The van der Waals surface area contributed by atoms with Crippen LogP contribution in [-0.2, 0) is 4.79 Å². The van der Waals surface area contributed by atoms with Crippen molar-refractivity contribution in [3.8, 4) is 11.5 Å². The zero-order valence-corrected chi connectivity index (χ0v) is 17.3. The van der Waals surface area contributed by atoms with Gasteiger partial charge in [0.15, 0.2) is 5.75 Å². The van der Waals surface area contributed by atoms with Crippen molar-refractivity contribution >= 4 is 35.0 Å². The Morgan fingerprint density at radius 1 is 0.839 bits per heavy atom. The maximum Gasteiger partial charge on any atom is 0.261 e. The van der Waals surface area contributed by atoms with Crippen molar-refractivity contribution < 1.29 is 19.1 Å². The number of nitrogens with zero attached hydrogens (tertiary/aromatic N) is 1. The average Bonchev–Trinajstić information content (AvgIpc) is 3.02. The predicted octanol–water partition coefficient (Wildman–Crippen LogP) is 5.15. The molecule has 31 heavy (non-hydrogen) atoms. The topological polar surface area (TPSA) is 75.7 Å². The molecule has 0 bridgehead atoms. The Labute approximate surface area is 184 Å². The Bertz CT molecular complexity index is 1130. The largest absolute Gasteiger partial charge is 0.454 e. The lowest BCUT2D eigenvalue weighted by Crippen LogP contribution is -2.31. The monoisotopic (exact) mass is 434 g/mol. The van der Waals surface area contributed by atoms with Gasteiger partial charge >= 0.3 is 0 Å². The highest BCUT2D eigenvalue weighted by atomic mass is 35.5. The molecule has 0 fully saturated rings. The van der Waals surface area contributed by atoms with Gasteiger partial charge in [-0.05, 0) is 42.8 Å². The van der Waals surface area contributed by atoms with E-state index in [1.807, 2.05) is 6.07 Å². The highest BCUT2D eigenvalue weighted by Gasteiger charge is 2.34. The molecule has 0 radical (unpaired) electrons. The van der Waals surface area contributed by atoms with Gasteiger partial charge in [-0.1, -0.05) is 48.0 Å². The molecule has 6 nitrogen and oxygen atoms in total. The van der Waals surface area contributed by atoms with Gasteiger partial charge in [-0.25, -0.2) is 0 Å². The summed E-state index contributed by atoms with van der Waals surface area (Å²) < 4.78 is 5.85. The predicted molar refractivity (Wildman–Crippen MR) is 118 cm³/mol. The summed E-state index contributed by atoms with van der Waals surface area (Å²) in [5, 5.41) is 3.28. The molecule has 0 saturated heterocycles. The Hall–Kier alpha value is -3.64. The number of ether oxygens (including phenoxy) is 1. The third-order valence-corrected chi connectivity index (χ3v) is 5.19. The molecule has 0 atom stereocenters. The molecule has 7 heteroatoms. The maximum absolute atomic E-state index is 12.5. The minimum Gasteiger partial charge on any atom is -0.454 e. The number of carbonyl (C=O) groups excluding carboxylic acids is 3. The smallest absolute Gasteiger partial charge is 0.261 e. The van der Waals surface area contributed by atoms with Crippen LogP contribution in [0.5, 0.6) is 11.5 Å². The van der Waals surface area contributed by atoms with Gasteiger partial charge in [0, 0.05) is 13.0 Å². The van der Waals surface area contributed by atoms with Gasteiger partial charge in [0.25, 0.3) is 11.8 Å². The fourth-order valence-corrected chi connectivity index (χ4v) is 3.53. The highest BCUT2D eigenvalue weighted by molar-refractivity contribution is 6.32. The van der Waals surface area contributed by atoms with Crippen molar-refractivity contribution in [1.29, 1.82) is 0 Å². The van der Waals surface area contributed by atoms with Crippen molar-refractivity contribution in [3.63, 3.8) is 0 Å². The summed E-state index contributed by atoms with van der Waals surface area (Å²) in [6.45, 7) is 0.178. The van der Waals surface area contributed by atoms with Crippen LogP contribution < -0.4 is 10.1 Å². The van der Waals surface area contributed by atoms with Crippen molar-refractivity contribution in [2.75, 3.05) is 11.9 Å². The van der Waals surface area contributed by atoms with Crippen LogP contribution in [0.25, 0.3) is 0 Å². The summed E-state index contributed by atoms with van der Waals surface area (Å²) in [5.41, 5.74) is 1.32. The summed E-state index contributed by atoms with van der Waals surface area (Å²) in [6, 6.07) is 20.8. The van der Waals surface area contributed by atoms with Crippen LogP contribution in [0.1, 0.15) is 33.6 Å². The van der Waals surface area contributed by atoms with E-state index in [-0.39, 0.29) is 30.7 Å². The fraction of sp³-hybridized carbons (Fsp3) is 0.125. The molecule has 0 spiro atoms. The lowest BCUT2D eigenvalue weighted by molar-refractivity contribution is -0.116. The summed E-state index contributed by atoms with van der Waals surface area (Å²) in [4.78, 5) is 38.4. The second kappa shape index (κ2) is 9.02. The fourth-order valence-electron chi connectivity index (χ4n) is 3.36. The summed E-state index contributed by atoms with van der Waals surface area (Å²) >= 11 is 6.15. The first kappa shape index (κ1) is 20.6. The number of amides is 3. The number of benzene rings is 3. The van der Waals surface area contributed by atoms with Gasteiger partial charge < -0.3 is 10.1 Å². The molecule has 3 aromatic carbocycles. The van der Waals surface area contributed by atoms with Crippen LogP contribution in [0, 0.1) is 0 Å². The Balaban J connectivity index is 1.35. The zero-order chi connectivity index (χ0) is 21.8. The minimum atomic E-state index is -0.320. The van der Waals surface area contributed by atoms with Gasteiger partial charge in [0.2, 0.25) is 5.91 Å². The van der Waals surface area contributed by atoms with Gasteiger partial charge in [0.1, 0.15) is 5.75 Å². The molecule has 1 aliphatic rings. The van der Waals surface area contributed by atoms with Gasteiger partial charge in [-0.15, -0.1) is 0 Å². The number of halogens is 1. The van der Waals surface area contributed by atoms with Crippen LogP contribution in [0.2, 0.25) is 5.02 Å². The second-order valence-electron chi connectivity index (χ2n) is 6.99. The van der Waals surface area contributed by atoms with E-state index in [2.05, 4.69) is 5.32 Å². The quantitative estimate of drug-likeness (QED) is 0.522. The molecule has 1 heterocycles. The first-order valence-electron chi connectivity index (χ1n) is 9.81. The van der Waals surface area contributed by atoms with Crippen LogP contribution >= 0.6 is 11.6 Å². The Morgan fingerprint density at radius 3 is 2.10 bits per heavy atom. The first-order valence-corrected chi connectivity index (χ1v) is 10.2. The minimum absolute atomic E-state index is 0.147. The molecule has 3 amide bonds. The van der Waals surface area contributed by atoms with Gasteiger partial charge in [-0.3, -0.25) is 19.3 Å². The van der Waals surface area contributed by atoms with Gasteiger partial charge in [0.05, 0.1) is 21.8 Å². The van der Waals surface area contributed by atoms with E-state index in [4.69, 9.17) is 16.3 Å². The van der Waals surface area contributed by atoms with E-state index in [1.165, 1.54) is 4.90 Å². The highest BCUT2D eigenvalue weighted by Crippen LogP contribution is 2.33. The van der Waals surface area contributed by atoms with Crippen LogP contribution in [-0.4, -0.2) is 29.2 Å². The number of imide groups is 1. The van der Waals surface area contributed by atoms with Crippen molar-refractivity contribution in [2.45, 2.75) is 12.8 Å². The molecule has 156 valence electrons. The molecule has 0 saturated carbocycles. The van der Waals surface area contributed by atoms with E-state index in [1.54, 1.807) is 66.7 Å². The number of nitrogens with one attached hydrogen (secondary N) is 1. The molecule has 0 unspecified atom stereocenters. The van der Waals surface area contributed by atoms with E-state index < -0.39 is 0 Å². The zero-order valence-electron chi connectivity index (χ0n) is 16.5. The van der Waals surface area contributed by atoms with Crippen LogP contribution in [0.4, 0.5) is 5.69 Å². The number of hydrogen-bond donors (Lipinski definition) is 1. The molecule has 0 aliphatic carbocycles. The van der Waals surface area contributed by atoms with E-state index in [0.717, 1.165) is 0 Å². The van der Waals surface area contributed by atoms with Crippen molar-refractivity contribution in [2.24, 2.45) is 0 Å². The number of carbonyl (C=O) groups is 3. The number of fused-ring (bicyclic) bond motifs is 1. The molecule has 0 aromatic heterocycles. The van der Waals surface area contributed by atoms with E-state index in [0.29, 0.717) is 39.8 Å². The van der Waals surface area contributed by atoms with Crippen LogP contribution in [0.15, 0.2) is 72.8 Å². The third-order valence-electron chi connectivity index (χ3n) is 4.88. The lowest BCUT2D eigenvalue weighted by Gasteiger charge is -2.15. The Morgan fingerprint density at radius 2 is 1.42 bits per heavy atom. The summed E-state index contributed by atoms with van der Waals surface area (Å²) in [6.07, 6.45) is 0.499. The second-order valence-corrected chi connectivity index (χ2v) is 7.40. The molecular weight excluding hydrogens is 416 g/mol. The summed E-state index contributed by atoms with van der Waals surface area (Å²) in [5.74, 6) is 0.0617. The molecule has 3 aromatic rings. The number of rotatable bonds is 7. The van der Waals surface area contributed by atoms with E-state index in [9.17, 15) is 14.4 Å². The molecule has 1 aliphatic heterocycles. The molecule has 4 rings (SSSR count). The van der Waals surface area contributed by atoms with Crippen molar-refractivity contribution in [3.05, 3.63) is 88.9 Å². The number of hydrogen-bond acceptors (Lipinski definition) is 4. The molecule has 1 N–H and O–H groups in total. The summed E-state index contributed by atoms with van der Waals surface area (Å²) in [7, 11) is 0. The van der Waals surface area contributed by atoms with E-state index >= 15 is 0 Å². The SMILES string of the molecule is O=C(CCCN1C(=O)c2ccccc2C1=O)Nc1ccccc1Oc1ccccc1Cl. The first-order chi connectivity index (χ1) is 15.0. The van der Waals surface area contributed by atoms with Crippen molar-refractivity contribution in [1.82, 2.24) is 4.90 Å². The van der Waals surface area contributed by atoms with Crippen LogP contribution in [0.3, 0.4) is 0 Å². The maximum atomic E-state index is 12.5. The lowest BCUT2D eigenvalue weighted by atomic mass is 10.1. The number of para-hydroxylation sites is 3.